The molecule has 1 aliphatic heterocycles. The van der Waals surface area contributed by atoms with Crippen molar-refractivity contribution < 1.29 is 9.53 Å². The molecule has 1 heterocycles. The number of hydrogen-bond acceptors (Lipinski definition) is 4. The predicted octanol–water partition coefficient (Wildman–Crippen LogP) is 0.818. The molecule has 0 radical (unpaired) electrons. The number of morpholine rings is 1. The third-order valence-electron chi connectivity index (χ3n) is 3.64. The average molecular weight is 303 g/mol. The fourth-order valence-corrected chi connectivity index (χ4v) is 2.64. The Morgan fingerprint density at radius 3 is 2.95 bits per heavy atom. The summed E-state index contributed by atoms with van der Waals surface area (Å²) in [6.07, 6.45) is 4.46. The van der Waals surface area contributed by atoms with E-state index in [4.69, 9.17) is 10.5 Å². The van der Waals surface area contributed by atoms with Crippen molar-refractivity contribution in [1.29, 1.82) is 0 Å². The Morgan fingerprint density at radius 1 is 1.45 bits per heavy atom. The highest BCUT2D eigenvalue weighted by Gasteiger charge is 2.21. The number of nitrogens with zero attached hydrogens (tertiary/aromatic N) is 2. The number of carbonyl (C=O) groups excluding carboxylic acids is 1. The highest BCUT2D eigenvalue weighted by molar-refractivity contribution is 5.75. The molecule has 1 aromatic rings. The number of rotatable bonds is 7. The van der Waals surface area contributed by atoms with Crippen molar-refractivity contribution >= 4 is 12.0 Å². The van der Waals surface area contributed by atoms with Gasteiger partial charge in [-0.15, -0.1) is 0 Å². The number of ether oxygens (including phenoxy) is 1. The maximum absolute atomic E-state index is 10.9. The van der Waals surface area contributed by atoms with E-state index < -0.39 is 0 Å². The summed E-state index contributed by atoms with van der Waals surface area (Å²) in [5, 5.41) is 0. The van der Waals surface area contributed by atoms with Crippen molar-refractivity contribution in [1.82, 2.24) is 9.80 Å². The van der Waals surface area contributed by atoms with Crippen LogP contribution in [0.5, 0.6) is 0 Å². The molecule has 0 bridgehead atoms. The number of carbonyl (C=O) groups is 1. The van der Waals surface area contributed by atoms with E-state index in [9.17, 15) is 4.79 Å². The summed E-state index contributed by atoms with van der Waals surface area (Å²) >= 11 is 0. The van der Waals surface area contributed by atoms with Gasteiger partial charge in [-0.05, 0) is 12.6 Å². The third kappa shape index (κ3) is 5.97. The molecule has 0 aromatic heterocycles. The molecule has 5 nitrogen and oxygen atoms in total. The van der Waals surface area contributed by atoms with Gasteiger partial charge in [0.15, 0.2) is 0 Å². The first kappa shape index (κ1) is 16.7. The lowest BCUT2D eigenvalue weighted by atomic mass is 10.2. The molecule has 0 saturated carbocycles. The Bertz CT molecular complexity index is 490. The van der Waals surface area contributed by atoms with Gasteiger partial charge in [-0.3, -0.25) is 14.6 Å². The van der Waals surface area contributed by atoms with Crippen LogP contribution >= 0.6 is 0 Å². The van der Waals surface area contributed by atoms with Gasteiger partial charge < -0.3 is 10.5 Å². The highest BCUT2D eigenvalue weighted by atomic mass is 16.5. The lowest BCUT2D eigenvalue weighted by Gasteiger charge is -2.34. The Hall–Kier alpha value is -1.69. The number of likely N-dealkylation sites (N-methyl/N-ethyl adjacent to an activating group) is 1. The first-order chi connectivity index (χ1) is 10.6. The molecule has 0 spiro atoms. The van der Waals surface area contributed by atoms with Crippen LogP contribution < -0.4 is 5.73 Å². The quantitative estimate of drug-likeness (QED) is 0.810. The minimum atomic E-state index is -0.305. The minimum absolute atomic E-state index is 0.128. The summed E-state index contributed by atoms with van der Waals surface area (Å²) < 4.78 is 5.77. The van der Waals surface area contributed by atoms with Gasteiger partial charge in [0.25, 0.3) is 0 Å². The van der Waals surface area contributed by atoms with Gasteiger partial charge >= 0.3 is 0 Å². The molecule has 1 aliphatic rings. The van der Waals surface area contributed by atoms with E-state index in [1.54, 1.807) is 0 Å². The van der Waals surface area contributed by atoms with Crippen LogP contribution in [0.15, 0.2) is 36.4 Å². The number of primary amides is 1. The van der Waals surface area contributed by atoms with Gasteiger partial charge in [0.2, 0.25) is 5.91 Å². The summed E-state index contributed by atoms with van der Waals surface area (Å²) in [5.74, 6) is -0.305. The number of hydrogen-bond donors (Lipinski definition) is 1. The number of nitrogens with two attached hydrogens (primary N) is 1. The molecule has 5 heteroatoms. The first-order valence-electron chi connectivity index (χ1n) is 7.66. The molecule has 1 unspecified atom stereocenters. The lowest BCUT2D eigenvalue weighted by Crippen LogP contribution is -2.47. The SMILES string of the molecule is CN(CC(N)=O)CC1CN(C/C=C/c2ccccc2)CCO1. The van der Waals surface area contributed by atoms with Crippen LogP contribution in [0.3, 0.4) is 0 Å². The summed E-state index contributed by atoms with van der Waals surface area (Å²) in [6, 6.07) is 10.3. The Kier molecular flexibility index (Phi) is 6.58. The molecule has 2 N–H and O–H groups in total. The second-order valence-electron chi connectivity index (χ2n) is 5.73. The molecule has 1 fully saturated rings. The van der Waals surface area contributed by atoms with Crippen molar-refractivity contribution in [2.45, 2.75) is 6.10 Å². The number of amides is 1. The van der Waals surface area contributed by atoms with Gasteiger partial charge in [0.05, 0.1) is 19.3 Å². The Balaban J connectivity index is 1.76. The largest absolute Gasteiger partial charge is 0.374 e. The van der Waals surface area contributed by atoms with E-state index in [2.05, 4.69) is 29.2 Å². The van der Waals surface area contributed by atoms with Crippen molar-refractivity contribution in [3.05, 3.63) is 42.0 Å². The molecular formula is C17H25N3O2. The topological polar surface area (TPSA) is 58.8 Å². The summed E-state index contributed by atoms with van der Waals surface area (Å²) in [7, 11) is 1.89. The van der Waals surface area contributed by atoms with Gasteiger partial charge in [0.1, 0.15) is 0 Å². The third-order valence-corrected chi connectivity index (χ3v) is 3.64. The predicted molar refractivity (Wildman–Crippen MR) is 88.3 cm³/mol. The molecular weight excluding hydrogens is 278 g/mol. The molecule has 0 aliphatic carbocycles. The molecule has 1 aromatic carbocycles. The fraction of sp³-hybridized carbons (Fsp3) is 0.471. The van der Waals surface area contributed by atoms with Crippen molar-refractivity contribution in [3.8, 4) is 0 Å². The van der Waals surface area contributed by atoms with Crippen molar-refractivity contribution in [3.63, 3.8) is 0 Å². The lowest BCUT2D eigenvalue weighted by molar-refractivity contribution is -0.119. The summed E-state index contributed by atoms with van der Waals surface area (Å²) in [4.78, 5) is 15.2. The maximum atomic E-state index is 10.9. The number of benzene rings is 1. The van der Waals surface area contributed by atoms with Crippen LogP contribution in [-0.4, -0.2) is 68.2 Å². The van der Waals surface area contributed by atoms with Gasteiger partial charge in [-0.1, -0.05) is 42.5 Å². The summed E-state index contributed by atoms with van der Waals surface area (Å²) in [6.45, 7) is 4.45. The maximum Gasteiger partial charge on any atom is 0.231 e. The molecule has 22 heavy (non-hydrogen) atoms. The molecule has 2 rings (SSSR count). The normalized spacial score (nSPS) is 19.8. The van der Waals surface area contributed by atoms with E-state index in [1.165, 1.54) is 5.56 Å². The standard InChI is InChI=1S/C17H25N3O2/c1-19(14-17(18)21)12-16-13-20(10-11-22-16)9-5-8-15-6-3-2-4-7-15/h2-8,16H,9-14H2,1H3,(H2,18,21)/b8-5+. The van der Waals surface area contributed by atoms with E-state index in [-0.39, 0.29) is 18.6 Å². The van der Waals surface area contributed by atoms with Gasteiger partial charge in [-0.25, -0.2) is 0 Å². The monoisotopic (exact) mass is 303 g/mol. The van der Waals surface area contributed by atoms with E-state index in [0.29, 0.717) is 0 Å². The highest BCUT2D eigenvalue weighted by Crippen LogP contribution is 2.07. The van der Waals surface area contributed by atoms with Crippen molar-refractivity contribution in [2.75, 3.05) is 46.4 Å². The molecule has 120 valence electrons. The second-order valence-corrected chi connectivity index (χ2v) is 5.73. The van der Waals surface area contributed by atoms with Gasteiger partial charge in [0, 0.05) is 26.2 Å². The average Bonchev–Trinajstić information content (AvgIpc) is 2.48. The van der Waals surface area contributed by atoms with E-state index >= 15 is 0 Å². The summed E-state index contributed by atoms with van der Waals surface area (Å²) in [5.41, 5.74) is 6.42. The Labute approximate surface area is 132 Å². The molecule has 1 saturated heterocycles. The van der Waals surface area contributed by atoms with Crippen LogP contribution in [-0.2, 0) is 9.53 Å². The van der Waals surface area contributed by atoms with Gasteiger partial charge in [-0.2, -0.15) is 0 Å². The zero-order valence-electron chi connectivity index (χ0n) is 13.1. The smallest absolute Gasteiger partial charge is 0.231 e. The minimum Gasteiger partial charge on any atom is -0.374 e. The first-order valence-corrected chi connectivity index (χ1v) is 7.66. The van der Waals surface area contributed by atoms with Crippen LogP contribution in [0.25, 0.3) is 6.08 Å². The van der Waals surface area contributed by atoms with Crippen LogP contribution in [0, 0.1) is 0 Å². The van der Waals surface area contributed by atoms with Crippen molar-refractivity contribution in [2.24, 2.45) is 5.73 Å². The molecule has 1 amide bonds. The molecule has 1 atom stereocenters. The van der Waals surface area contributed by atoms with Crippen LogP contribution in [0.2, 0.25) is 0 Å². The Morgan fingerprint density at radius 2 is 2.23 bits per heavy atom. The van der Waals surface area contributed by atoms with E-state index in [0.717, 1.165) is 32.8 Å². The zero-order valence-corrected chi connectivity index (χ0v) is 13.1. The second kappa shape index (κ2) is 8.68. The van der Waals surface area contributed by atoms with E-state index in [1.807, 2.05) is 30.1 Å². The zero-order chi connectivity index (χ0) is 15.8. The van der Waals surface area contributed by atoms with Crippen LogP contribution in [0.4, 0.5) is 0 Å². The van der Waals surface area contributed by atoms with Crippen LogP contribution in [0.1, 0.15) is 5.56 Å². The fourth-order valence-electron chi connectivity index (χ4n) is 2.64.